The minimum atomic E-state index is -0.528. The van der Waals surface area contributed by atoms with E-state index >= 15 is 0 Å². The maximum absolute atomic E-state index is 12.5. The Morgan fingerprint density at radius 3 is 2.50 bits per heavy atom. The lowest BCUT2D eigenvalue weighted by atomic mass is 10.1. The summed E-state index contributed by atoms with van der Waals surface area (Å²) in [5.74, 6) is -0.804. The van der Waals surface area contributed by atoms with E-state index in [1.807, 2.05) is 13.8 Å². The molecule has 0 saturated carbocycles. The van der Waals surface area contributed by atoms with Gasteiger partial charge >= 0.3 is 0 Å². The molecule has 2 aromatic rings. The number of hydrogen-bond acceptors (Lipinski definition) is 4. The summed E-state index contributed by atoms with van der Waals surface area (Å²) in [6, 6.07) is 10.9. The van der Waals surface area contributed by atoms with Gasteiger partial charge in [-0.15, -0.1) is 0 Å². The second-order valence-electron chi connectivity index (χ2n) is 6.04. The van der Waals surface area contributed by atoms with Crippen molar-refractivity contribution >= 4 is 23.2 Å². The fourth-order valence-corrected chi connectivity index (χ4v) is 2.34. The highest BCUT2D eigenvalue weighted by Crippen LogP contribution is 2.21. The summed E-state index contributed by atoms with van der Waals surface area (Å²) in [5.41, 5.74) is 1.18. The SMILES string of the molecule is CC[C@@H](C)NC(=O)c1ccccc1NC(=O)c1ccc(C)c([N+](=O)[O-])c1. The fraction of sp³-hybridized carbons (Fsp3) is 0.263. The highest BCUT2D eigenvalue weighted by Gasteiger charge is 2.18. The van der Waals surface area contributed by atoms with Crippen LogP contribution in [0.3, 0.4) is 0 Å². The third-order valence-electron chi connectivity index (χ3n) is 4.08. The molecule has 7 heteroatoms. The molecular weight excluding hydrogens is 334 g/mol. The highest BCUT2D eigenvalue weighted by molar-refractivity contribution is 6.09. The lowest BCUT2D eigenvalue weighted by Gasteiger charge is -2.14. The number of aryl methyl sites for hydroxylation is 1. The molecule has 0 spiro atoms. The van der Waals surface area contributed by atoms with Gasteiger partial charge in [-0.2, -0.15) is 0 Å². The molecule has 0 bridgehead atoms. The van der Waals surface area contributed by atoms with Crippen LogP contribution in [0, 0.1) is 17.0 Å². The highest BCUT2D eigenvalue weighted by atomic mass is 16.6. The molecular formula is C19H21N3O4. The first-order valence-electron chi connectivity index (χ1n) is 8.29. The Morgan fingerprint density at radius 1 is 1.15 bits per heavy atom. The van der Waals surface area contributed by atoms with Crippen LogP contribution in [0.15, 0.2) is 42.5 Å². The second kappa shape index (κ2) is 8.24. The Labute approximate surface area is 151 Å². The van der Waals surface area contributed by atoms with Gasteiger partial charge in [-0.3, -0.25) is 19.7 Å². The summed E-state index contributed by atoms with van der Waals surface area (Å²) in [6.45, 7) is 5.46. The number of rotatable bonds is 6. The minimum Gasteiger partial charge on any atom is -0.350 e. The molecule has 0 heterocycles. The molecule has 0 radical (unpaired) electrons. The number of hydrogen-bond donors (Lipinski definition) is 2. The van der Waals surface area contributed by atoms with E-state index in [9.17, 15) is 19.7 Å². The van der Waals surface area contributed by atoms with E-state index in [2.05, 4.69) is 10.6 Å². The Bertz CT molecular complexity index is 848. The van der Waals surface area contributed by atoms with Crippen molar-refractivity contribution in [2.75, 3.05) is 5.32 Å². The average Bonchev–Trinajstić information content (AvgIpc) is 2.61. The van der Waals surface area contributed by atoms with Gasteiger partial charge in [-0.05, 0) is 38.5 Å². The number of anilines is 1. The van der Waals surface area contributed by atoms with E-state index in [4.69, 9.17) is 0 Å². The smallest absolute Gasteiger partial charge is 0.273 e. The Hall–Kier alpha value is -3.22. The molecule has 2 amide bonds. The van der Waals surface area contributed by atoms with Crippen LogP contribution in [-0.4, -0.2) is 22.8 Å². The average molecular weight is 355 g/mol. The second-order valence-corrected chi connectivity index (χ2v) is 6.04. The van der Waals surface area contributed by atoms with Gasteiger partial charge in [0.05, 0.1) is 16.2 Å². The molecule has 0 unspecified atom stereocenters. The molecule has 0 aliphatic heterocycles. The van der Waals surface area contributed by atoms with E-state index in [1.54, 1.807) is 31.2 Å². The molecule has 2 aromatic carbocycles. The van der Waals surface area contributed by atoms with Crippen molar-refractivity contribution in [1.82, 2.24) is 5.32 Å². The molecule has 136 valence electrons. The Kier molecular flexibility index (Phi) is 6.06. The molecule has 1 atom stereocenters. The first-order valence-corrected chi connectivity index (χ1v) is 8.29. The van der Waals surface area contributed by atoms with Crippen molar-refractivity contribution in [3.63, 3.8) is 0 Å². The van der Waals surface area contributed by atoms with E-state index in [1.165, 1.54) is 18.2 Å². The Balaban J connectivity index is 2.26. The third-order valence-corrected chi connectivity index (χ3v) is 4.08. The first-order chi connectivity index (χ1) is 12.3. The van der Waals surface area contributed by atoms with Crippen LogP contribution < -0.4 is 10.6 Å². The van der Waals surface area contributed by atoms with E-state index in [0.29, 0.717) is 16.8 Å². The largest absolute Gasteiger partial charge is 0.350 e. The number of carbonyl (C=O) groups is 2. The molecule has 26 heavy (non-hydrogen) atoms. The summed E-state index contributed by atoms with van der Waals surface area (Å²) in [6.07, 6.45) is 0.785. The predicted molar refractivity (Wildman–Crippen MR) is 99.4 cm³/mol. The maximum Gasteiger partial charge on any atom is 0.273 e. The number of nitro benzene ring substituents is 1. The van der Waals surface area contributed by atoms with Crippen LogP contribution in [0.25, 0.3) is 0 Å². The van der Waals surface area contributed by atoms with Crippen molar-refractivity contribution in [3.8, 4) is 0 Å². The normalized spacial score (nSPS) is 11.5. The summed E-state index contributed by atoms with van der Waals surface area (Å²) in [4.78, 5) is 35.4. The number of nitrogens with one attached hydrogen (secondary N) is 2. The zero-order valence-corrected chi connectivity index (χ0v) is 14.9. The summed E-state index contributed by atoms with van der Waals surface area (Å²) in [5, 5.41) is 16.6. The van der Waals surface area contributed by atoms with Crippen LogP contribution in [0.4, 0.5) is 11.4 Å². The first kappa shape index (κ1) is 19.1. The van der Waals surface area contributed by atoms with Gasteiger partial charge in [0.1, 0.15) is 0 Å². The maximum atomic E-state index is 12.5. The van der Waals surface area contributed by atoms with E-state index < -0.39 is 10.8 Å². The van der Waals surface area contributed by atoms with Crippen molar-refractivity contribution in [1.29, 1.82) is 0 Å². The van der Waals surface area contributed by atoms with Gasteiger partial charge in [-0.25, -0.2) is 0 Å². The molecule has 0 saturated heterocycles. The molecule has 7 nitrogen and oxygen atoms in total. The quantitative estimate of drug-likeness (QED) is 0.609. The number of nitrogens with zero attached hydrogens (tertiary/aromatic N) is 1. The number of nitro groups is 1. The Morgan fingerprint density at radius 2 is 1.85 bits per heavy atom. The lowest BCUT2D eigenvalue weighted by Crippen LogP contribution is -2.32. The van der Waals surface area contributed by atoms with Crippen molar-refractivity contribution in [2.45, 2.75) is 33.2 Å². The number of carbonyl (C=O) groups excluding carboxylic acids is 2. The van der Waals surface area contributed by atoms with Gasteiger partial charge in [0, 0.05) is 23.2 Å². The molecule has 0 aliphatic rings. The molecule has 0 aromatic heterocycles. The van der Waals surface area contributed by atoms with Crippen LogP contribution >= 0.6 is 0 Å². The van der Waals surface area contributed by atoms with E-state index in [-0.39, 0.29) is 23.2 Å². The third kappa shape index (κ3) is 4.44. The summed E-state index contributed by atoms with van der Waals surface area (Å²) >= 11 is 0. The van der Waals surface area contributed by atoms with Gasteiger partial charge < -0.3 is 10.6 Å². The van der Waals surface area contributed by atoms with Crippen molar-refractivity contribution in [2.24, 2.45) is 0 Å². The zero-order valence-electron chi connectivity index (χ0n) is 14.9. The van der Waals surface area contributed by atoms with Crippen LogP contribution in [-0.2, 0) is 0 Å². The fourth-order valence-electron chi connectivity index (χ4n) is 2.34. The summed E-state index contributed by atoms with van der Waals surface area (Å²) < 4.78 is 0. The zero-order chi connectivity index (χ0) is 19.3. The molecule has 2 N–H and O–H groups in total. The molecule has 2 rings (SSSR count). The molecule has 0 aliphatic carbocycles. The van der Waals surface area contributed by atoms with Gasteiger partial charge in [0.2, 0.25) is 0 Å². The van der Waals surface area contributed by atoms with Gasteiger partial charge in [-0.1, -0.05) is 25.1 Å². The summed E-state index contributed by atoms with van der Waals surface area (Å²) in [7, 11) is 0. The van der Waals surface area contributed by atoms with E-state index in [0.717, 1.165) is 6.42 Å². The topological polar surface area (TPSA) is 101 Å². The van der Waals surface area contributed by atoms with Crippen LogP contribution in [0.1, 0.15) is 46.5 Å². The van der Waals surface area contributed by atoms with Gasteiger partial charge in [0.25, 0.3) is 17.5 Å². The van der Waals surface area contributed by atoms with Crippen LogP contribution in [0.2, 0.25) is 0 Å². The monoisotopic (exact) mass is 355 g/mol. The lowest BCUT2D eigenvalue weighted by molar-refractivity contribution is -0.385. The van der Waals surface area contributed by atoms with Crippen molar-refractivity contribution in [3.05, 3.63) is 69.3 Å². The van der Waals surface area contributed by atoms with Crippen LogP contribution in [0.5, 0.6) is 0 Å². The molecule has 0 fully saturated rings. The standard InChI is InChI=1S/C19H21N3O4/c1-4-13(3)20-19(24)15-7-5-6-8-16(15)21-18(23)14-10-9-12(2)17(11-14)22(25)26/h5-11,13H,4H2,1-3H3,(H,20,24)(H,21,23)/t13-/m1/s1. The van der Waals surface area contributed by atoms with Gasteiger partial charge in [0.15, 0.2) is 0 Å². The predicted octanol–water partition coefficient (Wildman–Crippen LogP) is 3.68. The number of amides is 2. The number of para-hydroxylation sites is 1. The minimum absolute atomic E-state index is 0.00556. The number of benzene rings is 2. The van der Waals surface area contributed by atoms with Crippen molar-refractivity contribution < 1.29 is 14.5 Å².